The van der Waals surface area contributed by atoms with E-state index in [2.05, 4.69) is 4.98 Å². The number of fused-ring (bicyclic) bond motifs is 1. The highest BCUT2D eigenvalue weighted by molar-refractivity contribution is 7.18. The van der Waals surface area contributed by atoms with Gasteiger partial charge in [0.25, 0.3) is 6.43 Å². The second kappa shape index (κ2) is 3.81. The third-order valence-corrected chi connectivity index (χ3v) is 3.23. The van der Waals surface area contributed by atoms with E-state index in [1.165, 1.54) is 6.07 Å². The summed E-state index contributed by atoms with van der Waals surface area (Å²) in [6.45, 7) is 1.88. The largest absolute Gasteiger partial charge is 0.289 e. The fourth-order valence-corrected chi connectivity index (χ4v) is 2.30. The van der Waals surface area contributed by atoms with Crippen molar-refractivity contribution in [1.82, 2.24) is 4.98 Å². The molecule has 0 saturated heterocycles. The van der Waals surface area contributed by atoms with Gasteiger partial charge in [-0.25, -0.2) is 18.2 Å². The molecule has 80 valence electrons. The number of thiazole rings is 1. The molecule has 0 radical (unpaired) electrons. The van der Waals surface area contributed by atoms with Crippen LogP contribution in [0.1, 0.15) is 23.9 Å². The number of nitrogens with zero attached hydrogens (tertiary/aromatic N) is 1. The van der Waals surface area contributed by atoms with Crippen LogP contribution in [-0.4, -0.2) is 4.98 Å². The van der Waals surface area contributed by atoms with Gasteiger partial charge in [0.15, 0.2) is 5.01 Å². The highest BCUT2D eigenvalue weighted by atomic mass is 32.1. The Morgan fingerprint density at radius 3 is 2.73 bits per heavy atom. The summed E-state index contributed by atoms with van der Waals surface area (Å²) in [7, 11) is 0. The van der Waals surface area contributed by atoms with Gasteiger partial charge in [0.05, 0.1) is 10.2 Å². The summed E-state index contributed by atoms with van der Waals surface area (Å²) in [5, 5.41) is -0.315. The topological polar surface area (TPSA) is 12.9 Å². The summed E-state index contributed by atoms with van der Waals surface area (Å²) in [5.41, 5.74) is 1.17. The van der Waals surface area contributed by atoms with E-state index < -0.39 is 12.2 Å². The molecule has 0 fully saturated rings. The molecular weight excluding hydrogens is 223 g/mol. The predicted molar refractivity (Wildman–Crippen MR) is 53.9 cm³/mol. The Hall–Kier alpha value is -1.10. The second-order valence-corrected chi connectivity index (χ2v) is 4.12. The molecule has 5 heteroatoms. The maximum Gasteiger partial charge on any atom is 0.289 e. The fourth-order valence-electron chi connectivity index (χ4n) is 1.42. The molecule has 15 heavy (non-hydrogen) atoms. The minimum absolute atomic E-state index is 0.227. The van der Waals surface area contributed by atoms with Gasteiger partial charge in [-0.1, -0.05) is 13.0 Å². The van der Waals surface area contributed by atoms with Gasteiger partial charge in [0.2, 0.25) is 0 Å². The molecule has 0 aliphatic heterocycles. The first-order valence-corrected chi connectivity index (χ1v) is 5.31. The normalized spacial score (nSPS) is 11.5. The summed E-state index contributed by atoms with van der Waals surface area (Å²) >= 11 is 0.725. The van der Waals surface area contributed by atoms with Crippen molar-refractivity contribution in [2.24, 2.45) is 0 Å². The first kappa shape index (κ1) is 10.4. The van der Waals surface area contributed by atoms with E-state index in [1.807, 2.05) is 6.92 Å². The van der Waals surface area contributed by atoms with Gasteiger partial charge < -0.3 is 0 Å². The lowest BCUT2D eigenvalue weighted by molar-refractivity contribution is 0.151. The van der Waals surface area contributed by atoms with Crippen LogP contribution < -0.4 is 0 Å². The van der Waals surface area contributed by atoms with E-state index >= 15 is 0 Å². The lowest BCUT2D eigenvalue weighted by Gasteiger charge is -1.97. The quantitative estimate of drug-likeness (QED) is 0.763. The molecule has 2 aromatic rings. The lowest BCUT2D eigenvalue weighted by Crippen LogP contribution is -1.86. The van der Waals surface area contributed by atoms with Crippen LogP contribution in [0.5, 0.6) is 0 Å². The highest BCUT2D eigenvalue weighted by Gasteiger charge is 2.17. The molecule has 0 amide bonds. The van der Waals surface area contributed by atoms with Crippen molar-refractivity contribution >= 4 is 21.6 Å². The van der Waals surface area contributed by atoms with Crippen LogP contribution in [0.3, 0.4) is 0 Å². The smallest absolute Gasteiger partial charge is 0.235 e. The number of benzene rings is 1. The van der Waals surface area contributed by atoms with Crippen molar-refractivity contribution in [3.8, 4) is 0 Å². The highest BCUT2D eigenvalue weighted by Crippen LogP contribution is 2.32. The summed E-state index contributed by atoms with van der Waals surface area (Å²) in [6, 6.07) is 2.89. The van der Waals surface area contributed by atoms with Crippen LogP contribution in [0.25, 0.3) is 10.2 Å². The Kier molecular flexibility index (Phi) is 2.65. The third-order valence-electron chi connectivity index (χ3n) is 2.16. The van der Waals surface area contributed by atoms with Gasteiger partial charge in [0.1, 0.15) is 5.82 Å². The Morgan fingerprint density at radius 1 is 1.40 bits per heavy atom. The van der Waals surface area contributed by atoms with Crippen molar-refractivity contribution in [3.05, 3.63) is 28.5 Å². The van der Waals surface area contributed by atoms with Gasteiger partial charge in [-0.15, -0.1) is 11.3 Å². The van der Waals surface area contributed by atoms with Gasteiger partial charge in [-0.05, 0) is 18.1 Å². The minimum Gasteiger partial charge on any atom is -0.235 e. The van der Waals surface area contributed by atoms with Gasteiger partial charge in [-0.3, -0.25) is 0 Å². The summed E-state index contributed by atoms with van der Waals surface area (Å²) in [6.07, 6.45) is -1.98. The van der Waals surface area contributed by atoms with E-state index in [-0.39, 0.29) is 9.71 Å². The number of halogens is 3. The number of hydrogen-bond donors (Lipinski definition) is 0. The Bertz CT molecular complexity index is 493. The Morgan fingerprint density at radius 2 is 2.13 bits per heavy atom. The molecule has 1 heterocycles. The zero-order valence-corrected chi connectivity index (χ0v) is 8.75. The molecule has 0 aliphatic rings. The second-order valence-electron chi connectivity index (χ2n) is 3.09. The van der Waals surface area contributed by atoms with Crippen LogP contribution in [-0.2, 0) is 6.42 Å². The molecule has 1 aromatic heterocycles. The molecule has 0 spiro atoms. The average molecular weight is 231 g/mol. The number of alkyl halides is 2. The molecule has 0 bridgehead atoms. The van der Waals surface area contributed by atoms with E-state index in [9.17, 15) is 13.2 Å². The van der Waals surface area contributed by atoms with Crippen LogP contribution in [0.4, 0.5) is 13.2 Å². The van der Waals surface area contributed by atoms with E-state index in [4.69, 9.17) is 0 Å². The molecule has 0 atom stereocenters. The van der Waals surface area contributed by atoms with Gasteiger partial charge in [0, 0.05) is 0 Å². The Balaban J connectivity index is 2.72. The van der Waals surface area contributed by atoms with E-state index in [1.54, 1.807) is 6.07 Å². The molecule has 0 unspecified atom stereocenters. The summed E-state index contributed by atoms with van der Waals surface area (Å²) < 4.78 is 38.3. The number of aromatic nitrogens is 1. The third kappa shape index (κ3) is 1.71. The van der Waals surface area contributed by atoms with Crippen molar-refractivity contribution in [2.75, 3.05) is 0 Å². The molecule has 0 aliphatic carbocycles. The zero-order chi connectivity index (χ0) is 11.0. The first-order valence-electron chi connectivity index (χ1n) is 4.49. The standard InChI is InChI=1S/C10H8F3NS/c1-2-5-3-4-6(11)8-7(5)14-10(15-8)9(12)13/h3-4,9H,2H2,1H3. The van der Waals surface area contributed by atoms with E-state index in [0.717, 1.165) is 16.9 Å². The predicted octanol–water partition coefficient (Wildman–Crippen LogP) is 3.94. The van der Waals surface area contributed by atoms with Crippen molar-refractivity contribution < 1.29 is 13.2 Å². The summed E-state index contributed by atoms with van der Waals surface area (Å²) in [4.78, 5) is 3.77. The minimum atomic E-state index is -2.63. The molecule has 1 nitrogen and oxygen atoms in total. The van der Waals surface area contributed by atoms with E-state index in [0.29, 0.717) is 11.9 Å². The SMILES string of the molecule is CCc1ccc(F)c2sc(C(F)F)nc12. The fraction of sp³-hybridized carbons (Fsp3) is 0.300. The lowest BCUT2D eigenvalue weighted by atomic mass is 10.1. The van der Waals surface area contributed by atoms with Crippen molar-refractivity contribution in [2.45, 2.75) is 19.8 Å². The number of rotatable bonds is 2. The molecular formula is C10H8F3NS. The number of hydrogen-bond acceptors (Lipinski definition) is 2. The molecule has 0 saturated carbocycles. The number of aryl methyl sites for hydroxylation is 1. The zero-order valence-electron chi connectivity index (χ0n) is 7.93. The van der Waals surface area contributed by atoms with Crippen LogP contribution in [0, 0.1) is 5.82 Å². The maximum absolute atomic E-state index is 13.3. The summed E-state index contributed by atoms with van der Waals surface area (Å²) in [5.74, 6) is -0.480. The van der Waals surface area contributed by atoms with Gasteiger partial charge in [-0.2, -0.15) is 0 Å². The van der Waals surface area contributed by atoms with Crippen LogP contribution in [0.2, 0.25) is 0 Å². The van der Waals surface area contributed by atoms with Gasteiger partial charge >= 0.3 is 0 Å². The Labute approximate surface area is 88.6 Å². The van der Waals surface area contributed by atoms with Crippen LogP contribution in [0.15, 0.2) is 12.1 Å². The molecule has 1 aromatic carbocycles. The van der Waals surface area contributed by atoms with Crippen molar-refractivity contribution in [1.29, 1.82) is 0 Å². The molecule has 2 rings (SSSR count). The first-order chi connectivity index (χ1) is 7.13. The average Bonchev–Trinajstić information content (AvgIpc) is 2.64. The molecule has 0 N–H and O–H groups in total. The monoisotopic (exact) mass is 231 g/mol. The van der Waals surface area contributed by atoms with Crippen molar-refractivity contribution in [3.63, 3.8) is 0 Å². The maximum atomic E-state index is 13.3. The van der Waals surface area contributed by atoms with Crippen LogP contribution >= 0.6 is 11.3 Å².